The maximum atomic E-state index is 6.00. The molecule has 0 amide bonds. The zero-order valence-electron chi connectivity index (χ0n) is 7.90. The molecule has 0 aliphatic heterocycles. The van der Waals surface area contributed by atoms with Gasteiger partial charge in [-0.25, -0.2) is 4.98 Å². The van der Waals surface area contributed by atoms with Crippen molar-refractivity contribution in [2.75, 3.05) is 5.32 Å². The van der Waals surface area contributed by atoms with Crippen LogP contribution in [0.2, 0.25) is 5.02 Å². The fourth-order valence-electron chi connectivity index (χ4n) is 1.14. The zero-order chi connectivity index (χ0) is 10.7. The molecule has 2 rings (SSSR count). The van der Waals surface area contributed by atoms with Crippen LogP contribution in [0.3, 0.4) is 0 Å². The van der Waals surface area contributed by atoms with E-state index in [1.54, 1.807) is 0 Å². The molecule has 1 heterocycles. The van der Waals surface area contributed by atoms with Crippen molar-refractivity contribution in [3.63, 3.8) is 0 Å². The van der Waals surface area contributed by atoms with Crippen LogP contribution in [0.4, 0.5) is 10.8 Å². The van der Waals surface area contributed by atoms with Gasteiger partial charge in [0.25, 0.3) is 0 Å². The van der Waals surface area contributed by atoms with Crippen molar-refractivity contribution >= 4 is 33.8 Å². The fraction of sp³-hybridized carbons (Fsp3) is 0.100. The lowest BCUT2D eigenvalue weighted by atomic mass is 10.3. The van der Waals surface area contributed by atoms with Crippen LogP contribution in [0, 0.1) is 0 Å². The van der Waals surface area contributed by atoms with Crippen LogP contribution >= 0.6 is 22.9 Å². The van der Waals surface area contributed by atoms with E-state index in [1.807, 2.05) is 29.6 Å². The summed E-state index contributed by atoms with van der Waals surface area (Å²) < 4.78 is 0. The number of hydrogen-bond acceptors (Lipinski definition) is 4. The van der Waals surface area contributed by atoms with Gasteiger partial charge in [-0.1, -0.05) is 23.7 Å². The Morgan fingerprint density at radius 1 is 1.40 bits per heavy atom. The predicted octanol–water partition coefficient (Wildman–Crippen LogP) is 3.00. The van der Waals surface area contributed by atoms with Crippen LogP contribution in [0.5, 0.6) is 0 Å². The molecular formula is C10H10ClN3S. The molecule has 5 heteroatoms. The Labute approximate surface area is 96.9 Å². The van der Waals surface area contributed by atoms with Gasteiger partial charge in [-0.05, 0) is 12.1 Å². The van der Waals surface area contributed by atoms with E-state index in [2.05, 4.69) is 10.3 Å². The lowest BCUT2D eigenvalue weighted by Crippen LogP contribution is -1.97. The van der Waals surface area contributed by atoms with E-state index in [-0.39, 0.29) is 0 Å². The van der Waals surface area contributed by atoms with Gasteiger partial charge >= 0.3 is 0 Å². The number of para-hydroxylation sites is 1. The van der Waals surface area contributed by atoms with E-state index in [9.17, 15) is 0 Å². The Morgan fingerprint density at radius 3 is 2.87 bits per heavy atom. The minimum Gasteiger partial charge on any atom is -0.330 e. The summed E-state index contributed by atoms with van der Waals surface area (Å²) in [4.78, 5) is 4.29. The summed E-state index contributed by atoms with van der Waals surface area (Å²) >= 11 is 7.52. The van der Waals surface area contributed by atoms with E-state index in [1.165, 1.54) is 11.3 Å². The minimum absolute atomic E-state index is 0.459. The minimum atomic E-state index is 0.459. The number of nitrogens with zero attached hydrogens (tertiary/aromatic N) is 1. The molecule has 2 aromatic rings. The van der Waals surface area contributed by atoms with Gasteiger partial charge in [0, 0.05) is 11.9 Å². The summed E-state index contributed by atoms with van der Waals surface area (Å²) in [5, 5.41) is 6.57. The second kappa shape index (κ2) is 4.61. The van der Waals surface area contributed by atoms with Crippen molar-refractivity contribution in [3.8, 4) is 0 Å². The standard InChI is InChI=1S/C10H10ClN3S/c11-8-3-1-2-4-9(8)14-10-13-7(5-12)6-15-10/h1-4,6H,5,12H2,(H,13,14). The number of nitrogens with one attached hydrogen (secondary N) is 1. The zero-order valence-corrected chi connectivity index (χ0v) is 9.48. The number of nitrogens with two attached hydrogens (primary N) is 1. The maximum absolute atomic E-state index is 6.00. The Balaban J connectivity index is 2.18. The second-order valence-electron chi connectivity index (χ2n) is 2.95. The molecule has 3 nitrogen and oxygen atoms in total. The highest BCUT2D eigenvalue weighted by atomic mass is 35.5. The van der Waals surface area contributed by atoms with E-state index in [0.717, 1.165) is 16.5 Å². The summed E-state index contributed by atoms with van der Waals surface area (Å²) in [5.41, 5.74) is 7.22. The van der Waals surface area contributed by atoms with Crippen LogP contribution in [0.25, 0.3) is 0 Å². The van der Waals surface area contributed by atoms with E-state index >= 15 is 0 Å². The van der Waals surface area contributed by atoms with Gasteiger partial charge in [0.05, 0.1) is 16.4 Å². The molecule has 0 radical (unpaired) electrons. The van der Waals surface area contributed by atoms with Gasteiger partial charge in [-0.3, -0.25) is 0 Å². The van der Waals surface area contributed by atoms with Gasteiger partial charge in [-0.2, -0.15) is 0 Å². The van der Waals surface area contributed by atoms with Crippen molar-refractivity contribution in [2.24, 2.45) is 5.73 Å². The number of halogens is 1. The molecule has 0 aliphatic rings. The van der Waals surface area contributed by atoms with Gasteiger partial charge in [0.2, 0.25) is 0 Å². The average molecular weight is 240 g/mol. The number of hydrogen-bond donors (Lipinski definition) is 2. The Morgan fingerprint density at radius 2 is 2.20 bits per heavy atom. The van der Waals surface area contributed by atoms with Crippen LogP contribution in [0.15, 0.2) is 29.6 Å². The fourth-order valence-corrected chi connectivity index (χ4v) is 2.05. The van der Waals surface area contributed by atoms with Gasteiger partial charge < -0.3 is 11.1 Å². The van der Waals surface area contributed by atoms with Gasteiger partial charge in [0.15, 0.2) is 5.13 Å². The van der Waals surface area contributed by atoms with Crippen molar-refractivity contribution in [1.82, 2.24) is 4.98 Å². The van der Waals surface area contributed by atoms with Crippen molar-refractivity contribution < 1.29 is 0 Å². The topological polar surface area (TPSA) is 50.9 Å². The molecule has 0 fully saturated rings. The molecule has 1 aromatic heterocycles. The molecule has 0 atom stereocenters. The van der Waals surface area contributed by atoms with E-state index in [0.29, 0.717) is 11.6 Å². The highest BCUT2D eigenvalue weighted by molar-refractivity contribution is 7.13. The number of aromatic nitrogens is 1. The highest BCUT2D eigenvalue weighted by Gasteiger charge is 2.03. The molecule has 0 aliphatic carbocycles. The predicted molar refractivity (Wildman–Crippen MR) is 64.7 cm³/mol. The van der Waals surface area contributed by atoms with Crippen molar-refractivity contribution in [3.05, 3.63) is 40.4 Å². The number of anilines is 2. The largest absolute Gasteiger partial charge is 0.330 e. The molecule has 0 saturated carbocycles. The smallest absolute Gasteiger partial charge is 0.187 e. The summed E-state index contributed by atoms with van der Waals surface area (Å²) in [6, 6.07) is 7.56. The second-order valence-corrected chi connectivity index (χ2v) is 4.22. The third-order valence-corrected chi connectivity index (χ3v) is 3.01. The third-order valence-electron chi connectivity index (χ3n) is 1.88. The highest BCUT2D eigenvalue weighted by Crippen LogP contribution is 2.26. The normalized spacial score (nSPS) is 10.3. The van der Waals surface area contributed by atoms with E-state index < -0.39 is 0 Å². The first-order valence-corrected chi connectivity index (χ1v) is 5.71. The lowest BCUT2D eigenvalue weighted by molar-refractivity contribution is 1.01. The summed E-state index contributed by atoms with van der Waals surface area (Å²) in [5.74, 6) is 0. The molecule has 3 N–H and O–H groups in total. The third kappa shape index (κ3) is 2.47. The van der Waals surface area contributed by atoms with Crippen LogP contribution < -0.4 is 11.1 Å². The molecule has 0 bridgehead atoms. The number of benzene rings is 1. The van der Waals surface area contributed by atoms with Gasteiger partial charge in [-0.15, -0.1) is 11.3 Å². The van der Waals surface area contributed by atoms with E-state index in [4.69, 9.17) is 17.3 Å². The monoisotopic (exact) mass is 239 g/mol. The molecule has 0 spiro atoms. The molecular weight excluding hydrogens is 230 g/mol. The lowest BCUT2D eigenvalue weighted by Gasteiger charge is -2.03. The van der Waals surface area contributed by atoms with Crippen LogP contribution in [-0.4, -0.2) is 4.98 Å². The molecule has 15 heavy (non-hydrogen) atoms. The molecule has 1 aromatic carbocycles. The Kier molecular flexibility index (Phi) is 3.20. The Bertz CT molecular complexity index is 455. The van der Waals surface area contributed by atoms with Crippen molar-refractivity contribution in [1.29, 1.82) is 0 Å². The quantitative estimate of drug-likeness (QED) is 0.866. The molecule has 78 valence electrons. The first kappa shape index (κ1) is 10.4. The van der Waals surface area contributed by atoms with Crippen LogP contribution in [0.1, 0.15) is 5.69 Å². The first-order valence-electron chi connectivity index (χ1n) is 4.45. The molecule has 0 saturated heterocycles. The maximum Gasteiger partial charge on any atom is 0.187 e. The van der Waals surface area contributed by atoms with Crippen molar-refractivity contribution in [2.45, 2.75) is 6.54 Å². The van der Waals surface area contributed by atoms with Gasteiger partial charge in [0.1, 0.15) is 0 Å². The average Bonchev–Trinajstić information content (AvgIpc) is 2.69. The first-order chi connectivity index (χ1) is 7.29. The summed E-state index contributed by atoms with van der Waals surface area (Å²) in [7, 11) is 0. The summed E-state index contributed by atoms with van der Waals surface area (Å²) in [6.45, 7) is 0.459. The number of rotatable bonds is 3. The SMILES string of the molecule is NCc1csc(Nc2ccccc2Cl)n1. The Hall–Kier alpha value is -1.10. The molecule has 0 unspecified atom stereocenters. The summed E-state index contributed by atoms with van der Waals surface area (Å²) in [6.07, 6.45) is 0. The van der Waals surface area contributed by atoms with Crippen LogP contribution in [-0.2, 0) is 6.54 Å². The number of thiazole rings is 1.